The normalized spacial score (nSPS) is 19.8. The molecule has 0 bridgehead atoms. The molecule has 2 N–H and O–H groups in total. The van der Waals surface area contributed by atoms with E-state index in [4.69, 9.17) is 9.47 Å². The number of anilines is 1. The third kappa shape index (κ3) is 6.86. The van der Waals surface area contributed by atoms with Gasteiger partial charge in [-0.3, -0.25) is 9.69 Å². The van der Waals surface area contributed by atoms with Crippen LogP contribution in [0.25, 0.3) is 0 Å². The van der Waals surface area contributed by atoms with Crippen molar-refractivity contribution in [2.75, 3.05) is 64.5 Å². The Bertz CT molecular complexity index is 902. The van der Waals surface area contributed by atoms with Crippen LogP contribution in [0.4, 0.5) is 10.5 Å². The van der Waals surface area contributed by atoms with Gasteiger partial charge in [0.2, 0.25) is 0 Å². The van der Waals surface area contributed by atoms with Gasteiger partial charge in [-0.15, -0.1) is 0 Å². The second-order valence-corrected chi connectivity index (χ2v) is 10.9. The Morgan fingerprint density at radius 3 is 2.54 bits per heavy atom. The van der Waals surface area contributed by atoms with Crippen molar-refractivity contribution in [2.45, 2.75) is 52.7 Å². The summed E-state index contributed by atoms with van der Waals surface area (Å²) in [5, 5.41) is 5.33. The van der Waals surface area contributed by atoms with Gasteiger partial charge in [-0.05, 0) is 69.7 Å². The van der Waals surface area contributed by atoms with Crippen LogP contribution >= 0.6 is 0 Å². The SMILES string of the molecule is Cc1c(C(=O)NCCN2CCOCC2)ccc2c1CN(CC1CCN(C(=O)OC(C)(C)C)CC1)N2. The first-order chi connectivity index (χ1) is 16.7. The van der Waals surface area contributed by atoms with Crippen LogP contribution in [0.1, 0.15) is 55.1 Å². The molecule has 0 saturated carbocycles. The molecular weight excluding hydrogens is 446 g/mol. The van der Waals surface area contributed by atoms with E-state index in [0.29, 0.717) is 12.5 Å². The number of piperidine rings is 1. The summed E-state index contributed by atoms with van der Waals surface area (Å²) in [6.07, 6.45) is 1.71. The molecule has 0 spiro atoms. The van der Waals surface area contributed by atoms with Crippen molar-refractivity contribution >= 4 is 17.7 Å². The Balaban J connectivity index is 1.24. The maximum Gasteiger partial charge on any atom is 0.410 e. The smallest absolute Gasteiger partial charge is 0.410 e. The number of nitrogens with one attached hydrogen (secondary N) is 2. The topological polar surface area (TPSA) is 86.4 Å². The quantitative estimate of drug-likeness (QED) is 0.638. The molecule has 2 amide bonds. The van der Waals surface area contributed by atoms with Crippen LogP contribution in [0.3, 0.4) is 0 Å². The largest absolute Gasteiger partial charge is 0.444 e. The summed E-state index contributed by atoms with van der Waals surface area (Å²) in [5.41, 5.74) is 7.12. The van der Waals surface area contributed by atoms with E-state index in [1.165, 1.54) is 5.56 Å². The van der Waals surface area contributed by atoms with Gasteiger partial charge in [0.1, 0.15) is 5.60 Å². The number of carbonyl (C=O) groups is 2. The molecule has 194 valence electrons. The molecule has 9 heteroatoms. The highest BCUT2D eigenvalue weighted by Crippen LogP contribution is 2.32. The maximum absolute atomic E-state index is 12.8. The van der Waals surface area contributed by atoms with Gasteiger partial charge in [-0.25, -0.2) is 9.80 Å². The van der Waals surface area contributed by atoms with Crippen molar-refractivity contribution in [2.24, 2.45) is 5.92 Å². The summed E-state index contributed by atoms with van der Waals surface area (Å²) in [4.78, 5) is 29.3. The minimum atomic E-state index is -0.463. The van der Waals surface area contributed by atoms with Gasteiger partial charge >= 0.3 is 6.09 Å². The molecule has 4 rings (SSSR count). The molecule has 0 aromatic heterocycles. The van der Waals surface area contributed by atoms with E-state index < -0.39 is 5.60 Å². The van der Waals surface area contributed by atoms with Crippen molar-refractivity contribution in [3.05, 3.63) is 28.8 Å². The Morgan fingerprint density at radius 1 is 1.14 bits per heavy atom. The predicted molar refractivity (Wildman–Crippen MR) is 135 cm³/mol. The number of benzene rings is 1. The van der Waals surface area contributed by atoms with E-state index in [9.17, 15) is 9.59 Å². The minimum absolute atomic E-state index is 0.00785. The second-order valence-electron chi connectivity index (χ2n) is 10.9. The maximum atomic E-state index is 12.8. The van der Waals surface area contributed by atoms with Gasteiger partial charge in [-0.1, -0.05) is 0 Å². The lowest BCUT2D eigenvalue weighted by molar-refractivity contribution is 0.0173. The van der Waals surface area contributed by atoms with Crippen molar-refractivity contribution < 1.29 is 19.1 Å². The summed E-state index contributed by atoms with van der Waals surface area (Å²) < 4.78 is 10.9. The lowest BCUT2D eigenvalue weighted by Gasteiger charge is -2.34. The highest BCUT2D eigenvalue weighted by Gasteiger charge is 2.30. The number of rotatable bonds is 6. The lowest BCUT2D eigenvalue weighted by atomic mass is 9.96. The Kier molecular flexibility index (Phi) is 8.19. The van der Waals surface area contributed by atoms with Gasteiger partial charge in [0.05, 0.1) is 18.9 Å². The standard InChI is InChI=1S/C26H41N5O4/c1-19-21(24(32)27-9-12-29-13-15-34-16-14-29)5-6-23-22(19)18-31(28-23)17-20-7-10-30(11-8-20)25(33)35-26(2,3)4/h5-6,20,28H,7-18H2,1-4H3,(H,27,32). The van der Waals surface area contributed by atoms with E-state index in [-0.39, 0.29) is 12.0 Å². The van der Waals surface area contributed by atoms with Crippen molar-refractivity contribution in [1.82, 2.24) is 20.1 Å². The van der Waals surface area contributed by atoms with Crippen molar-refractivity contribution in [1.29, 1.82) is 0 Å². The summed E-state index contributed by atoms with van der Waals surface area (Å²) in [5.74, 6) is 0.505. The molecule has 9 nitrogen and oxygen atoms in total. The number of fused-ring (bicyclic) bond motifs is 1. The average molecular weight is 488 g/mol. The van der Waals surface area contributed by atoms with Gasteiger partial charge in [0, 0.05) is 57.9 Å². The molecule has 3 aliphatic heterocycles. The first-order valence-corrected chi connectivity index (χ1v) is 12.9. The van der Waals surface area contributed by atoms with Crippen LogP contribution in [0.2, 0.25) is 0 Å². The van der Waals surface area contributed by atoms with Gasteiger partial charge in [-0.2, -0.15) is 0 Å². The molecule has 2 fully saturated rings. The molecule has 1 aromatic rings. The molecule has 35 heavy (non-hydrogen) atoms. The zero-order valence-electron chi connectivity index (χ0n) is 21.7. The van der Waals surface area contributed by atoms with Crippen LogP contribution in [0, 0.1) is 12.8 Å². The monoisotopic (exact) mass is 487 g/mol. The number of nitrogens with zero attached hydrogens (tertiary/aromatic N) is 3. The number of ether oxygens (including phenoxy) is 2. The van der Waals surface area contributed by atoms with Crippen LogP contribution in [-0.4, -0.2) is 91.4 Å². The number of hydrazine groups is 1. The van der Waals surface area contributed by atoms with E-state index in [1.807, 2.05) is 44.7 Å². The van der Waals surface area contributed by atoms with Crippen LogP contribution in [-0.2, 0) is 16.0 Å². The van der Waals surface area contributed by atoms with E-state index >= 15 is 0 Å². The number of amides is 2. The number of morpholine rings is 1. The first kappa shape index (κ1) is 25.7. The number of hydrogen-bond donors (Lipinski definition) is 2. The van der Waals surface area contributed by atoms with Crippen LogP contribution < -0.4 is 10.7 Å². The summed E-state index contributed by atoms with van der Waals surface area (Å²) >= 11 is 0. The Hall–Kier alpha value is -2.36. The summed E-state index contributed by atoms with van der Waals surface area (Å²) in [6.45, 7) is 15.8. The first-order valence-electron chi connectivity index (χ1n) is 12.9. The fraction of sp³-hybridized carbons (Fsp3) is 0.692. The Morgan fingerprint density at radius 2 is 1.86 bits per heavy atom. The zero-order chi connectivity index (χ0) is 25.0. The highest BCUT2D eigenvalue weighted by atomic mass is 16.6. The van der Waals surface area contributed by atoms with Crippen LogP contribution in [0.5, 0.6) is 0 Å². The molecule has 0 atom stereocenters. The van der Waals surface area contributed by atoms with Crippen molar-refractivity contribution in [3.8, 4) is 0 Å². The number of carbonyl (C=O) groups excluding carboxylic acids is 2. The molecule has 1 aromatic carbocycles. The molecule has 0 aliphatic carbocycles. The van der Waals surface area contributed by atoms with Gasteiger partial charge in [0.15, 0.2) is 0 Å². The van der Waals surface area contributed by atoms with Crippen molar-refractivity contribution in [3.63, 3.8) is 0 Å². The number of hydrogen-bond acceptors (Lipinski definition) is 7. The number of likely N-dealkylation sites (tertiary alicyclic amines) is 1. The minimum Gasteiger partial charge on any atom is -0.444 e. The third-order valence-electron chi connectivity index (χ3n) is 7.03. The third-order valence-corrected chi connectivity index (χ3v) is 7.03. The van der Waals surface area contributed by atoms with Gasteiger partial charge in [0.25, 0.3) is 5.91 Å². The van der Waals surface area contributed by atoms with E-state index in [1.54, 1.807) is 0 Å². The summed E-state index contributed by atoms with van der Waals surface area (Å²) in [6, 6.07) is 3.94. The molecule has 3 heterocycles. The predicted octanol–water partition coefficient (Wildman–Crippen LogP) is 2.85. The molecule has 2 saturated heterocycles. The fourth-order valence-corrected chi connectivity index (χ4v) is 5.01. The van der Waals surface area contributed by atoms with Crippen LogP contribution in [0.15, 0.2) is 12.1 Å². The highest BCUT2D eigenvalue weighted by molar-refractivity contribution is 5.96. The second kappa shape index (κ2) is 11.1. The fourth-order valence-electron chi connectivity index (χ4n) is 5.01. The van der Waals surface area contributed by atoms with Gasteiger partial charge < -0.3 is 25.1 Å². The Labute approximate surface area is 209 Å². The molecule has 0 radical (unpaired) electrons. The molecule has 0 unspecified atom stereocenters. The molecular formula is C26H41N5O4. The van der Waals surface area contributed by atoms with E-state index in [0.717, 1.165) is 88.7 Å². The summed E-state index contributed by atoms with van der Waals surface area (Å²) in [7, 11) is 0. The average Bonchev–Trinajstić information content (AvgIpc) is 3.23. The lowest BCUT2D eigenvalue weighted by Crippen LogP contribution is -2.43. The molecule has 3 aliphatic rings. The van der Waals surface area contributed by atoms with E-state index in [2.05, 4.69) is 20.7 Å². The zero-order valence-corrected chi connectivity index (χ0v) is 21.7.